The third-order valence-corrected chi connectivity index (χ3v) is 2.88. The molecule has 0 saturated carbocycles. The van der Waals surface area contributed by atoms with E-state index < -0.39 is 0 Å². The fraction of sp³-hybridized carbons (Fsp3) is 0.667. The van der Waals surface area contributed by atoms with Crippen molar-refractivity contribution in [2.45, 2.75) is 24.6 Å². The number of alkyl halides is 2. The number of halogens is 2. The van der Waals surface area contributed by atoms with Gasteiger partial charge in [-0.3, -0.25) is 4.79 Å². The number of hydrogen-bond donors (Lipinski definition) is 0. The first-order valence-electron chi connectivity index (χ1n) is 4.33. The number of carbonyl (C=O) groups excluding carboxylic acids is 1. The Bertz CT molecular complexity index is 228. The third-order valence-electron chi connectivity index (χ3n) is 2.21. The van der Waals surface area contributed by atoms with Crippen LogP contribution in [0.1, 0.15) is 19.3 Å². The predicted octanol–water partition coefficient (Wildman–Crippen LogP) is 2.36. The van der Waals surface area contributed by atoms with Crippen LogP contribution in [0.25, 0.3) is 0 Å². The molecule has 1 atom stereocenters. The van der Waals surface area contributed by atoms with Crippen LogP contribution in [0.5, 0.6) is 0 Å². The molecule has 0 aliphatic heterocycles. The lowest BCUT2D eigenvalue weighted by molar-refractivity contribution is -0.125. The van der Waals surface area contributed by atoms with E-state index in [1.807, 2.05) is 6.08 Å². The molecule has 0 radical (unpaired) electrons. The number of hydrogen-bond acceptors (Lipinski definition) is 1. The number of nitrogens with zero attached hydrogens (tertiary/aromatic N) is 1. The first-order valence-corrected chi connectivity index (χ1v) is 5.30. The Kier molecular flexibility index (Phi) is 4.07. The zero-order valence-electron chi connectivity index (χ0n) is 7.59. The van der Waals surface area contributed by atoms with Crippen molar-refractivity contribution in [3.05, 3.63) is 11.8 Å². The van der Waals surface area contributed by atoms with Gasteiger partial charge in [-0.05, 0) is 19.3 Å². The second kappa shape index (κ2) is 4.87. The largest absolute Gasteiger partial charge is 0.317 e. The minimum absolute atomic E-state index is 0.0114. The lowest BCUT2D eigenvalue weighted by Crippen LogP contribution is -2.32. The SMILES string of the molecule is CN(C(=O)CCl)C1=CCCCC1Cl. The van der Waals surface area contributed by atoms with E-state index >= 15 is 0 Å². The van der Waals surface area contributed by atoms with E-state index in [0.717, 1.165) is 25.0 Å². The molecule has 1 rings (SSSR count). The molecule has 0 heterocycles. The zero-order valence-corrected chi connectivity index (χ0v) is 9.11. The lowest BCUT2D eigenvalue weighted by atomic mass is 10.0. The van der Waals surface area contributed by atoms with Gasteiger partial charge in [-0.1, -0.05) is 6.08 Å². The smallest absolute Gasteiger partial charge is 0.241 e. The van der Waals surface area contributed by atoms with Crippen molar-refractivity contribution < 1.29 is 4.79 Å². The summed E-state index contributed by atoms with van der Waals surface area (Å²) in [6.07, 6.45) is 5.05. The Balaban J connectivity index is 2.69. The van der Waals surface area contributed by atoms with Gasteiger partial charge in [-0.15, -0.1) is 23.2 Å². The number of allylic oxidation sites excluding steroid dienone is 2. The molecule has 2 nitrogen and oxygen atoms in total. The van der Waals surface area contributed by atoms with Crippen molar-refractivity contribution in [3.63, 3.8) is 0 Å². The van der Waals surface area contributed by atoms with Gasteiger partial charge in [0.1, 0.15) is 5.88 Å². The van der Waals surface area contributed by atoms with Gasteiger partial charge in [0, 0.05) is 12.7 Å². The highest BCUT2D eigenvalue weighted by molar-refractivity contribution is 6.27. The molecular weight excluding hydrogens is 209 g/mol. The van der Waals surface area contributed by atoms with Crippen molar-refractivity contribution in [3.8, 4) is 0 Å². The van der Waals surface area contributed by atoms with Crippen LogP contribution in [0.2, 0.25) is 0 Å². The summed E-state index contributed by atoms with van der Waals surface area (Å²) in [5, 5.41) is -0.0362. The first kappa shape index (κ1) is 10.9. The fourth-order valence-electron chi connectivity index (χ4n) is 1.40. The molecule has 1 aliphatic rings. The van der Waals surface area contributed by atoms with E-state index in [1.165, 1.54) is 0 Å². The number of amides is 1. The highest BCUT2D eigenvalue weighted by atomic mass is 35.5. The van der Waals surface area contributed by atoms with E-state index in [9.17, 15) is 4.79 Å². The van der Waals surface area contributed by atoms with E-state index in [4.69, 9.17) is 23.2 Å². The summed E-state index contributed by atoms with van der Waals surface area (Å²) in [5.41, 5.74) is 0.901. The standard InChI is InChI=1S/C9H13Cl2NO/c1-12(9(13)6-10)8-5-3-2-4-7(8)11/h5,7H,2-4,6H2,1H3. The quantitative estimate of drug-likeness (QED) is 0.657. The minimum atomic E-state index is -0.0968. The summed E-state index contributed by atoms with van der Waals surface area (Å²) >= 11 is 11.5. The van der Waals surface area contributed by atoms with Gasteiger partial charge in [0.05, 0.1) is 5.38 Å². The normalized spacial score (nSPS) is 22.4. The third kappa shape index (κ3) is 2.61. The van der Waals surface area contributed by atoms with Gasteiger partial charge in [-0.25, -0.2) is 0 Å². The average Bonchev–Trinajstić information content (AvgIpc) is 2.16. The van der Waals surface area contributed by atoms with Crippen molar-refractivity contribution in [2.24, 2.45) is 0 Å². The van der Waals surface area contributed by atoms with Crippen LogP contribution < -0.4 is 0 Å². The van der Waals surface area contributed by atoms with Crippen LogP contribution >= 0.6 is 23.2 Å². The Labute approximate surface area is 88.5 Å². The van der Waals surface area contributed by atoms with Crippen molar-refractivity contribution in [2.75, 3.05) is 12.9 Å². The van der Waals surface area contributed by atoms with Gasteiger partial charge in [0.25, 0.3) is 0 Å². The van der Waals surface area contributed by atoms with Crippen LogP contribution in [-0.2, 0) is 4.79 Å². The molecule has 1 amide bonds. The first-order chi connectivity index (χ1) is 6.16. The summed E-state index contributed by atoms with van der Waals surface area (Å²) in [6, 6.07) is 0. The Morgan fingerprint density at radius 3 is 3.00 bits per heavy atom. The van der Waals surface area contributed by atoms with Crippen molar-refractivity contribution in [1.29, 1.82) is 0 Å². The predicted molar refractivity (Wildman–Crippen MR) is 55.1 cm³/mol. The maximum Gasteiger partial charge on any atom is 0.241 e. The molecule has 1 unspecified atom stereocenters. The van der Waals surface area contributed by atoms with Gasteiger partial charge < -0.3 is 4.90 Å². The molecule has 0 spiro atoms. The van der Waals surface area contributed by atoms with E-state index in [0.29, 0.717) is 0 Å². The molecule has 0 bridgehead atoms. The van der Waals surface area contributed by atoms with Gasteiger partial charge in [-0.2, -0.15) is 0 Å². The molecule has 1 aliphatic carbocycles. The maximum atomic E-state index is 11.3. The Morgan fingerprint density at radius 1 is 1.77 bits per heavy atom. The zero-order chi connectivity index (χ0) is 9.84. The van der Waals surface area contributed by atoms with Crippen LogP contribution in [0.3, 0.4) is 0 Å². The summed E-state index contributed by atoms with van der Waals surface area (Å²) in [5.74, 6) is -0.0854. The van der Waals surface area contributed by atoms with Gasteiger partial charge in [0.2, 0.25) is 5.91 Å². The molecule has 0 saturated heterocycles. The molecule has 74 valence electrons. The van der Waals surface area contributed by atoms with Crippen molar-refractivity contribution in [1.82, 2.24) is 4.90 Å². The summed E-state index contributed by atoms with van der Waals surface area (Å²) in [4.78, 5) is 12.8. The molecule has 0 aromatic carbocycles. The highest BCUT2D eigenvalue weighted by Crippen LogP contribution is 2.25. The van der Waals surface area contributed by atoms with Crippen LogP contribution in [0.15, 0.2) is 11.8 Å². The van der Waals surface area contributed by atoms with Crippen LogP contribution in [0, 0.1) is 0 Å². The summed E-state index contributed by atoms with van der Waals surface area (Å²) in [6.45, 7) is 0. The average molecular weight is 222 g/mol. The van der Waals surface area contributed by atoms with Gasteiger partial charge in [0.15, 0.2) is 0 Å². The molecule has 13 heavy (non-hydrogen) atoms. The fourth-order valence-corrected chi connectivity index (χ4v) is 1.97. The highest BCUT2D eigenvalue weighted by Gasteiger charge is 2.21. The topological polar surface area (TPSA) is 20.3 Å². The Morgan fingerprint density at radius 2 is 2.46 bits per heavy atom. The summed E-state index contributed by atoms with van der Waals surface area (Å²) < 4.78 is 0. The van der Waals surface area contributed by atoms with E-state index in [2.05, 4.69) is 0 Å². The maximum absolute atomic E-state index is 11.3. The molecule has 0 fully saturated rings. The second-order valence-electron chi connectivity index (χ2n) is 3.11. The number of carbonyl (C=O) groups is 1. The van der Waals surface area contributed by atoms with Crippen molar-refractivity contribution >= 4 is 29.1 Å². The molecule has 0 aromatic heterocycles. The molecule has 0 N–H and O–H groups in total. The van der Waals surface area contributed by atoms with Gasteiger partial charge >= 0.3 is 0 Å². The summed E-state index contributed by atoms with van der Waals surface area (Å²) in [7, 11) is 1.72. The van der Waals surface area contributed by atoms with Crippen LogP contribution in [0.4, 0.5) is 0 Å². The molecule has 0 aromatic rings. The monoisotopic (exact) mass is 221 g/mol. The minimum Gasteiger partial charge on any atom is -0.317 e. The van der Waals surface area contributed by atoms with E-state index in [-0.39, 0.29) is 17.2 Å². The van der Waals surface area contributed by atoms with Crippen LogP contribution in [-0.4, -0.2) is 29.1 Å². The van der Waals surface area contributed by atoms with E-state index in [1.54, 1.807) is 11.9 Å². The lowest BCUT2D eigenvalue weighted by Gasteiger charge is -2.26. The molecular formula is C9H13Cl2NO. The Hall–Kier alpha value is -0.210. The number of rotatable bonds is 2. The molecule has 4 heteroatoms. The second-order valence-corrected chi connectivity index (χ2v) is 3.91.